The van der Waals surface area contributed by atoms with Crippen molar-refractivity contribution in [3.8, 4) is 11.1 Å². The van der Waals surface area contributed by atoms with E-state index in [4.69, 9.17) is 11.6 Å². The van der Waals surface area contributed by atoms with Crippen LogP contribution in [0.4, 0.5) is 8.78 Å². The van der Waals surface area contributed by atoms with E-state index in [1.807, 2.05) is 13.8 Å². The molecular formula is C23H28ClF2N3O2S2. The molecule has 0 radical (unpaired) electrons. The first-order valence-electron chi connectivity index (χ1n) is 10.5. The number of nitrogens with one attached hydrogen (secondary N) is 1. The summed E-state index contributed by atoms with van der Waals surface area (Å²) in [5.41, 5.74) is -0.0903. The summed E-state index contributed by atoms with van der Waals surface area (Å²) in [5.74, 6) is -1.41. The van der Waals surface area contributed by atoms with Gasteiger partial charge in [-0.25, -0.2) is 26.9 Å². The second-order valence-corrected chi connectivity index (χ2v) is 12.8. The van der Waals surface area contributed by atoms with Gasteiger partial charge < -0.3 is 4.57 Å². The van der Waals surface area contributed by atoms with Crippen molar-refractivity contribution in [2.24, 2.45) is 5.92 Å². The van der Waals surface area contributed by atoms with Crippen molar-refractivity contribution in [2.45, 2.75) is 64.3 Å². The summed E-state index contributed by atoms with van der Waals surface area (Å²) in [6.45, 7) is 11.0. The Hall–Kier alpha value is -1.81. The number of hydrogen-bond donors (Lipinski definition) is 1. The lowest BCUT2D eigenvalue weighted by molar-refractivity contribution is 0.492. The van der Waals surface area contributed by atoms with Crippen LogP contribution in [0.1, 0.15) is 50.6 Å². The van der Waals surface area contributed by atoms with Crippen LogP contribution in [0.25, 0.3) is 11.1 Å². The number of nitrogens with zero attached hydrogens (tertiary/aromatic N) is 2. The molecule has 33 heavy (non-hydrogen) atoms. The van der Waals surface area contributed by atoms with Crippen LogP contribution < -0.4 is 4.72 Å². The lowest BCUT2D eigenvalue weighted by atomic mass is 9.98. The Labute approximate surface area is 202 Å². The molecule has 0 bridgehead atoms. The Bertz CT molecular complexity index is 1250. The van der Waals surface area contributed by atoms with Gasteiger partial charge in [0.25, 0.3) is 10.0 Å². The summed E-state index contributed by atoms with van der Waals surface area (Å²) in [4.78, 5) is 4.69. The van der Waals surface area contributed by atoms with Gasteiger partial charge in [0.1, 0.15) is 15.8 Å². The molecule has 0 aliphatic heterocycles. The summed E-state index contributed by atoms with van der Waals surface area (Å²) in [5, 5.41) is 0.202. The van der Waals surface area contributed by atoms with Crippen molar-refractivity contribution in [2.75, 3.05) is 0 Å². The van der Waals surface area contributed by atoms with Crippen LogP contribution in [0.5, 0.6) is 0 Å². The van der Waals surface area contributed by atoms with Crippen LogP contribution in [0, 0.1) is 24.5 Å². The van der Waals surface area contributed by atoms with Crippen molar-refractivity contribution in [1.29, 1.82) is 0 Å². The highest BCUT2D eigenvalue weighted by Gasteiger charge is 2.32. The summed E-state index contributed by atoms with van der Waals surface area (Å²) in [6, 6.07) is 2.42. The molecule has 3 aromatic rings. The van der Waals surface area contributed by atoms with Gasteiger partial charge in [-0.2, -0.15) is 0 Å². The van der Waals surface area contributed by atoms with Crippen LogP contribution in [0.2, 0.25) is 5.28 Å². The SMILES string of the molecule is Cc1c(CC(C)C)sc(S(=O)(=O)NC(C)(C)C)c1-c1c(F)cc(Cn2ccnc2Cl)cc1F. The maximum absolute atomic E-state index is 15.4. The highest BCUT2D eigenvalue weighted by molar-refractivity contribution is 7.91. The first-order valence-corrected chi connectivity index (χ1v) is 13.2. The first-order chi connectivity index (χ1) is 15.2. The van der Waals surface area contributed by atoms with Crippen molar-refractivity contribution in [3.05, 3.63) is 57.4 Å². The van der Waals surface area contributed by atoms with E-state index in [2.05, 4.69) is 9.71 Å². The number of rotatable bonds is 7. The van der Waals surface area contributed by atoms with E-state index >= 15 is 8.78 Å². The fourth-order valence-corrected chi connectivity index (χ4v) is 7.32. The fourth-order valence-electron chi connectivity index (χ4n) is 3.61. The largest absolute Gasteiger partial charge is 0.317 e. The zero-order chi connectivity index (χ0) is 24.7. The molecule has 2 heterocycles. The average molecular weight is 516 g/mol. The number of hydrogen-bond acceptors (Lipinski definition) is 4. The molecule has 0 unspecified atom stereocenters. The third-order valence-corrected chi connectivity index (χ3v) is 8.77. The minimum Gasteiger partial charge on any atom is -0.317 e. The number of sulfonamides is 1. The van der Waals surface area contributed by atoms with Gasteiger partial charge >= 0.3 is 0 Å². The van der Waals surface area contributed by atoms with E-state index in [0.29, 0.717) is 17.5 Å². The number of imidazole rings is 1. The molecule has 0 amide bonds. The summed E-state index contributed by atoms with van der Waals surface area (Å²) in [6.07, 6.45) is 3.71. The molecule has 0 aliphatic rings. The highest BCUT2D eigenvalue weighted by atomic mass is 35.5. The van der Waals surface area contributed by atoms with Crippen molar-refractivity contribution in [3.63, 3.8) is 0 Å². The van der Waals surface area contributed by atoms with Gasteiger partial charge in [-0.3, -0.25) is 0 Å². The predicted molar refractivity (Wildman–Crippen MR) is 129 cm³/mol. The van der Waals surface area contributed by atoms with Gasteiger partial charge in [-0.15, -0.1) is 11.3 Å². The Kier molecular flexibility index (Phi) is 7.39. The molecule has 10 heteroatoms. The molecule has 1 aromatic carbocycles. The van der Waals surface area contributed by atoms with E-state index in [0.717, 1.165) is 16.2 Å². The van der Waals surface area contributed by atoms with E-state index in [1.165, 1.54) is 18.3 Å². The smallest absolute Gasteiger partial charge is 0.251 e. The number of halogens is 3. The third-order valence-electron chi connectivity index (χ3n) is 4.86. The second-order valence-electron chi connectivity index (χ2n) is 9.52. The van der Waals surface area contributed by atoms with Crippen molar-refractivity contribution >= 4 is 33.0 Å². The van der Waals surface area contributed by atoms with Crippen LogP contribution in [-0.4, -0.2) is 23.5 Å². The molecule has 0 aliphatic carbocycles. The summed E-state index contributed by atoms with van der Waals surface area (Å²) >= 11 is 7.05. The molecule has 1 N–H and O–H groups in total. The molecular weight excluding hydrogens is 488 g/mol. The number of aromatic nitrogens is 2. The summed E-state index contributed by atoms with van der Waals surface area (Å²) in [7, 11) is -4.02. The van der Waals surface area contributed by atoms with E-state index in [1.54, 1.807) is 38.5 Å². The second kappa shape index (κ2) is 9.44. The van der Waals surface area contributed by atoms with Gasteiger partial charge in [0.2, 0.25) is 5.28 Å². The van der Waals surface area contributed by atoms with E-state index in [9.17, 15) is 8.42 Å². The third kappa shape index (κ3) is 5.82. The zero-order valence-corrected chi connectivity index (χ0v) is 21.9. The standard InChI is InChI=1S/C23H28ClF2N3O2S2/c1-13(2)9-18-14(3)19(21(32-18)33(30,31)28-23(4,5)6)20-16(25)10-15(11-17(20)26)12-29-8-7-27-22(29)24/h7-8,10-11,13,28H,9,12H2,1-6H3. The lowest BCUT2D eigenvalue weighted by Gasteiger charge is -2.20. The van der Waals surface area contributed by atoms with E-state index in [-0.39, 0.29) is 33.1 Å². The Morgan fingerprint density at radius 2 is 1.79 bits per heavy atom. The molecule has 0 saturated carbocycles. The maximum Gasteiger partial charge on any atom is 0.251 e. The van der Waals surface area contributed by atoms with Gasteiger partial charge in [-0.05, 0) is 74.9 Å². The predicted octanol–water partition coefficient (Wildman–Crippen LogP) is 6.18. The molecule has 0 spiro atoms. The Balaban J connectivity index is 2.18. The fraction of sp³-hybridized carbons (Fsp3) is 0.435. The topological polar surface area (TPSA) is 64.0 Å². The molecule has 3 rings (SSSR count). The minimum atomic E-state index is -4.02. The monoisotopic (exact) mass is 515 g/mol. The Morgan fingerprint density at radius 1 is 1.18 bits per heavy atom. The van der Waals surface area contributed by atoms with Crippen LogP contribution in [-0.2, 0) is 23.0 Å². The molecule has 0 fully saturated rings. The molecule has 0 atom stereocenters. The normalized spacial score (nSPS) is 12.7. The summed E-state index contributed by atoms with van der Waals surface area (Å²) < 4.78 is 61.4. The average Bonchev–Trinajstić information content (AvgIpc) is 3.17. The highest BCUT2D eigenvalue weighted by Crippen LogP contribution is 2.43. The maximum atomic E-state index is 15.4. The Morgan fingerprint density at radius 3 is 2.27 bits per heavy atom. The number of thiophene rings is 1. The van der Waals surface area contributed by atoms with Crippen LogP contribution in [0.3, 0.4) is 0 Å². The van der Waals surface area contributed by atoms with Crippen LogP contribution >= 0.6 is 22.9 Å². The van der Waals surface area contributed by atoms with Crippen molar-refractivity contribution in [1.82, 2.24) is 14.3 Å². The van der Waals surface area contributed by atoms with Crippen molar-refractivity contribution < 1.29 is 17.2 Å². The van der Waals surface area contributed by atoms with Gasteiger partial charge in [0.15, 0.2) is 0 Å². The first kappa shape index (κ1) is 25.8. The molecule has 180 valence electrons. The molecule has 2 aromatic heterocycles. The number of benzene rings is 1. The quantitative estimate of drug-likeness (QED) is 0.409. The minimum absolute atomic E-state index is 0.0752. The van der Waals surface area contributed by atoms with Gasteiger partial charge in [0, 0.05) is 28.4 Å². The van der Waals surface area contributed by atoms with Crippen LogP contribution in [0.15, 0.2) is 28.7 Å². The van der Waals surface area contributed by atoms with Gasteiger partial charge in [-0.1, -0.05) is 13.8 Å². The van der Waals surface area contributed by atoms with E-state index < -0.39 is 27.2 Å². The zero-order valence-electron chi connectivity index (χ0n) is 19.5. The molecule has 5 nitrogen and oxygen atoms in total. The molecule has 0 saturated heterocycles. The lowest BCUT2D eigenvalue weighted by Crippen LogP contribution is -2.40. The van der Waals surface area contributed by atoms with Gasteiger partial charge in [0.05, 0.1) is 12.1 Å².